The molecule has 0 radical (unpaired) electrons. The van der Waals surface area contributed by atoms with E-state index in [4.69, 9.17) is 9.47 Å². The first-order valence-electron chi connectivity index (χ1n) is 11.3. The van der Waals surface area contributed by atoms with Crippen LogP contribution < -0.4 is 10.1 Å². The summed E-state index contributed by atoms with van der Waals surface area (Å²) < 4.78 is 11.0. The Bertz CT molecular complexity index is 1210. The second-order valence-corrected chi connectivity index (χ2v) is 9.61. The predicted octanol–water partition coefficient (Wildman–Crippen LogP) is 4.04. The molecule has 176 valence electrons. The first-order chi connectivity index (χ1) is 16.5. The maximum atomic E-state index is 13.2. The molecule has 0 spiro atoms. The number of aromatic nitrogens is 2. The summed E-state index contributed by atoms with van der Waals surface area (Å²) in [4.78, 5) is 37.8. The monoisotopic (exact) mass is 478 g/mol. The molecule has 4 heterocycles. The van der Waals surface area contributed by atoms with Crippen molar-refractivity contribution >= 4 is 28.3 Å². The van der Waals surface area contributed by atoms with Crippen molar-refractivity contribution in [1.29, 1.82) is 0 Å². The zero-order chi connectivity index (χ0) is 23.7. The number of benzene rings is 1. The van der Waals surface area contributed by atoms with Gasteiger partial charge in [-0.1, -0.05) is 29.5 Å². The number of thiazole rings is 1. The van der Waals surface area contributed by atoms with Gasteiger partial charge < -0.3 is 14.4 Å². The van der Waals surface area contributed by atoms with Crippen LogP contribution in [0.5, 0.6) is 5.75 Å². The average Bonchev–Trinajstić information content (AvgIpc) is 3.42. The highest BCUT2D eigenvalue weighted by Crippen LogP contribution is 2.35. The number of nitrogens with one attached hydrogen (secondary N) is 1. The maximum absolute atomic E-state index is 13.2. The summed E-state index contributed by atoms with van der Waals surface area (Å²) >= 11 is 1.41. The van der Waals surface area contributed by atoms with Gasteiger partial charge >= 0.3 is 0 Å². The van der Waals surface area contributed by atoms with Crippen molar-refractivity contribution in [3.63, 3.8) is 0 Å². The molecule has 2 aliphatic rings. The quantitative estimate of drug-likeness (QED) is 0.595. The third kappa shape index (κ3) is 4.41. The third-order valence-electron chi connectivity index (χ3n) is 6.18. The van der Waals surface area contributed by atoms with Gasteiger partial charge in [-0.05, 0) is 31.9 Å². The van der Waals surface area contributed by atoms with E-state index in [2.05, 4.69) is 15.3 Å². The van der Waals surface area contributed by atoms with Crippen LogP contribution in [0.4, 0.5) is 5.13 Å². The van der Waals surface area contributed by atoms with E-state index < -0.39 is 0 Å². The summed E-state index contributed by atoms with van der Waals surface area (Å²) in [6.07, 6.45) is 3.38. The Hall–Kier alpha value is -3.30. The number of nitrogens with zero attached hydrogens (tertiary/aromatic N) is 3. The molecule has 0 aliphatic carbocycles. The maximum Gasteiger partial charge on any atom is 0.259 e. The fourth-order valence-corrected chi connectivity index (χ4v) is 5.42. The summed E-state index contributed by atoms with van der Waals surface area (Å²) in [5, 5.41) is 3.45. The molecule has 34 heavy (non-hydrogen) atoms. The minimum Gasteiger partial charge on any atom is -0.496 e. The highest BCUT2D eigenvalue weighted by molar-refractivity contribution is 7.16. The van der Waals surface area contributed by atoms with E-state index in [-0.39, 0.29) is 17.7 Å². The first kappa shape index (κ1) is 22.5. The third-order valence-corrected chi connectivity index (χ3v) is 7.18. The number of para-hydroxylation sites is 1. The molecule has 1 N–H and O–H groups in total. The van der Waals surface area contributed by atoms with E-state index in [0.29, 0.717) is 36.1 Å². The number of rotatable bonds is 5. The Labute approximate surface area is 201 Å². The number of carbonyl (C=O) groups excluding carboxylic acids is 2. The van der Waals surface area contributed by atoms with E-state index in [0.717, 1.165) is 46.8 Å². The van der Waals surface area contributed by atoms with Gasteiger partial charge in [-0.3, -0.25) is 19.9 Å². The molecule has 8 nitrogen and oxygen atoms in total. The lowest BCUT2D eigenvalue weighted by Gasteiger charge is -2.26. The molecule has 2 amide bonds. The summed E-state index contributed by atoms with van der Waals surface area (Å²) in [5.74, 6) is 0.462. The molecular formula is C25H26N4O4S. The van der Waals surface area contributed by atoms with E-state index in [9.17, 15) is 9.59 Å². The van der Waals surface area contributed by atoms with Crippen LogP contribution in [0.15, 0.2) is 36.5 Å². The molecular weight excluding hydrogens is 452 g/mol. The summed E-state index contributed by atoms with van der Waals surface area (Å²) in [6, 6.07) is 9.47. The largest absolute Gasteiger partial charge is 0.496 e. The minimum atomic E-state index is -0.284. The van der Waals surface area contributed by atoms with E-state index in [1.54, 1.807) is 13.3 Å². The molecule has 1 aromatic carbocycles. The van der Waals surface area contributed by atoms with Crippen LogP contribution in [0.2, 0.25) is 0 Å². The van der Waals surface area contributed by atoms with Gasteiger partial charge in [0.05, 0.1) is 48.9 Å². The van der Waals surface area contributed by atoms with Gasteiger partial charge in [0, 0.05) is 29.6 Å². The van der Waals surface area contributed by atoms with E-state index >= 15 is 0 Å². The Morgan fingerprint density at radius 3 is 2.85 bits per heavy atom. The average molecular weight is 479 g/mol. The number of ether oxygens (including phenoxy) is 2. The second kappa shape index (κ2) is 9.52. The van der Waals surface area contributed by atoms with Gasteiger partial charge in [-0.2, -0.15) is 0 Å². The number of hydrogen-bond acceptors (Lipinski definition) is 7. The van der Waals surface area contributed by atoms with Gasteiger partial charge in [0.15, 0.2) is 5.13 Å². The van der Waals surface area contributed by atoms with Crippen LogP contribution in [0, 0.1) is 12.8 Å². The van der Waals surface area contributed by atoms with Gasteiger partial charge in [0.25, 0.3) is 5.91 Å². The lowest BCUT2D eigenvalue weighted by atomic mass is 9.99. The Kier molecular flexibility index (Phi) is 6.30. The number of hydrogen-bond donors (Lipinski definition) is 1. The van der Waals surface area contributed by atoms with Crippen molar-refractivity contribution < 1.29 is 19.1 Å². The van der Waals surface area contributed by atoms with Crippen LogP contribution in [0.3, 0.4) is 0 Å². The Morgan fingerprint density at radius 2 is 2.09 bits per heavy atom. The molecule has 0 unspecified atom stereocenters. The van der Waals surface area contributed by atoms with Crippen molar-refractivity contribution in [1.82, 2.24) is 14.9 Å². The normalized spacial score (nSPS) is 17.4. The van der Waals surface area contributed by atoms with E-state index in [1.807, 2.05) is 42.2 Å². The van der Waals surface area contributed by atoms with Crippen molar-refractivity contribution in [3.05, 3.63) is 58.4 Å². The van der Waals surface area contributed by atoms with Gasteiger partial charge in [0.2, 0.25) is 5.91 Å². The molecule has 1 atom stereocenters. The first-order valence-corrected chi connectivity index (χ1v) is 12.1. The molecule has 0 bridgehead atoms. The van der Waals surface area contributed by atoms with Crippen LogP contribution in [0.1, 0.15) is 39.5 Å². The Balaban J connectivity index is 1.32. The number of anilines is 1. The smallest absolute Gasteiger partial charge is 0.259 e. The molecule has 2 aliphatic heterocycles. The van der Waals surface area contributed by atoms with Gasteiger partial charge in [0.1, 0.15) is 5.75 Å². The van der Waals surface area contributed by atoms with Gasteiger partial charge in [-0.25, -0.2) is 4.98 Å². The molecule has 3 aromatic rings. The van der Waals surface area contributed by atoms with Crippen molar-refractivity contribution in [2.24, 2.45) is 5.92 Å². The zero-order valence-corrected chi connectivity index (χ0v) is 20.0. The predicted molar refractivity (Wildman–Crippen MR) is 129 cm³/mol. The van der Waals surface area contributed by atoms with Crippen LogP contribution in [-0.2, 0) is 22.6 Å². The molecule has 1 fully saturated rings. The van der Waals surface area contributed by atoms with Crippen molar-refractivity contribution in [2.45, 2.75) is 32.9 Å². The lowest BCUT2D eigenvalue weighted by Crippen LogP contribution is -2.36. The summed E-state index contributed by atoms with van der Waals surface area (Å²) in [7, 11) is 1.61. The standard InChI is InChI=1S/C25H26N4O4S/c1-15-10-18(17-7-3-4-8-21(17)32-2)19(11-26-15)23(30)28-25-27-20-12-29(13-22(20)34-25)24(31)16-6-5-9-33-14-16/h3-4,7-8,10-11,16H,5-6,9,12-14H2,1-2H3,(H,27,28,30)/t16-/m1/s1. The summed E-state index contributed by atoms with van der Waals surface area (Å²) in [5.41, 5.74) is 3.66. The molecule has 2 aromatic heterocycles. The molecule has 1 saturated heterocycles. The van der Waals surface area contributed by atoms with Crippen molar-refractivity contribution in [3.8, 4) is 16.9 Å². The van der Waals surface area contributed by atoms with Gasteiger partial charge in [-0.15, -0.1) is 0 Å². The molecule has 9 heteroatoms. The minimum absolute atomic E-state index is 0.0654. The lowest BCUT2D eigenvalue weighted by molar-refractivity contribution is -0.140. The SMILES string of the molecule is COc1ccccc1-c1cc(C)ncc1C(=O)Nc1nc2c(s1)CN(C(=O)[C@@H]1CCCOC1)C2. The molecule has 5 rings (SSSR count). The number of amides is 2. The number of methoxy groups -OCH3 is 1. The summed E-state index contributed by atoms with van der Waals surface area (Å²) in [6.45, 7) is 4.11. The fourth-order valence-electron chi connectivity index (χ4n) is 4.44. The van der Waals surface area contributed by atoms with Crippen LogP contribution in [0.25, 0.3) is 11.1 Å². The zero-order valence-electron chi connectivity index (χ0n) is 19.2. The van der Waals surface area contributed by atoms with E-state index in [1.165, 1.54) is 11.3 Å². The number of pyridine rings is 1. The second-order valence-electron chi connectivity index (χ2n) is 8.52. The molecule has 0 saturated carbocycles. The Morgan fingerprint density at radius 1 is 1.24 bits per heavy atom. The highest BCUT2D eigenvalue weighted by Gasteiger charge is 2.33. The highest BCUT2D eigenvalue weighted by atomic mass is 32.1. The van der Waals surface area contributed by atoms with Crippen LogP contribution >= 0.6 is 11.3 Å². The fraction of sp³-hybridized carbons (Fsp3) is 0.360. The topological polar surface area (TPSA) is 93.6 Å². The number of fused-ring (bicyclic) bond motifs is 1. The number of carbonyl (C=O) groups is 2. The number of aryl methyl sites for hydroxylation is 1. The van der Waals surface area contributed by atoms with Crippen LogP contribution in [-0.4, -0.2) is 47.0 Å². The van der Waals surface area contributed by atoms with Crippen molar-refractivity contribution in [2.75, 3.05) is 25.6 Å².